The molecule has 0 unspecified atom stereocenters. The Balaban J connectivity index is 4.16. The SMILES string of the molecule is CNC(=O)ON=C(C)[C@H](C)[S@](C)=O. The molecule has 0 spiro atoms. The summed E-state index contributed by atoms with van der Waals surface area (Å²) in [5.74, 6) is 0. The van der Waals surface area contributed by atoms with Gasteiger partial charge in [-0.1, -0.05) is 5.16 Å². The third kappa shape index (κ3) is 4.62. The Morgan fingerprint density at radius 3 is 2.54 bits per heavy atom. The molecule has 0 saturated carbocycles. The summed E-state index contributed by atoms with van der Waals surface area (Å²) in [5, 5.41) is 5.57. The van der Waals surface area contributed by atoms with E-state index in [9.17, 15) is 9.00 Å². The first kappa shape index (κ1) is 12.1. The molecular weight excluding hydrogens is 192 g/mol. The van der Waals surface area contributed by atoms with E-state index in [4.69, 9.17) is 0 Å². The molecule has 0 fully saturated rings. The largest absolute Gasteiger partial charge is 0.433 e. The summed E-state index contributed by atoms with van der Waals surface area (Å²) in [6, 6.07) is 0. The van der Waals surface area contributed by atoms with Gasteiger partial charge in [0, 0.05) is 24.1 Å². The van der Waals surface area contributed by atoms with Crippen LogP contribution < -0.4 is 5.32 Å². The van der Waals surface area contributed by atoms with Crippen LogP contribution in [-0.4, -0.2) is 34.6 Å². The average Bonchev–Trinajstić information content (AvgIpc) is 2.11. The van der Waals surface area contributed by atoms with Crippen LogP contribution in [0.25, 0.3) is 0 Å². The molecule has 0 aliphatic heterocycles. The molecule has 5 nitrogen and oxygen atoms in total. The second kappa shape index (κ2) is 5.69. The van der Waals surface area contributed by atoms with E-state index in [0.717, 1.165) is 0 Å². The fourth-order valence-corrected chi connectivity index (χ4v) is 0.997. The summed E-state index contributed by atoms with van der Waals surface area (Å²) in [7, 11) is 0.440. The molecule has 0 bridgehead atoms. The van der Waals surface area contributed by atoms with Gasteiger partial charge in [0.25, 0.3) is 0 Å². The first-order valence-corrected chi connectivity index (χ1v) is 5.36. The van der Waals surface area contributed by atoms with Crippen molar-refractivity contribution in [3.05, 3.63) is 0 Å². The molecule has 0 aromatic heterocycles. The van der Waals surface area contributed by atoms with Gasteiger partial charge in [0.15, 0.2) is 0 Å². The van der Waals surface area contributed by atoms with E-state index in [1.807, 2.05) is 0 Å². The topological polar surface area (TPSA) is 67.8 Å². The van der Waals surface area contributed by atoms with Gasteiger partial charge in [0.2, 0.25) is 0 Å². The summed E-state index contributed by atoms with van der Waals surface area (Å²) in [5.41, 5.74) is 0.532. The lowest BCUT2D eigenvalue weighted by molar-refractivity contribution is 0.153. The summed E-state index contributed by atoms with van der Waals surface area (Å²) in [6.07, 6.45) is 0.942. The zero-order valence-electron chi connectivity index (χ0n) is 8.16. The number of nitrogens with zero attached hydrogens (tertiary/aromatic N) is 1. The number of nitrogens with one attached hydrogen (secondary N) is 1. The second-order valence-corrected chi connectivity index (χ2v) is 4.21. The molecule has 0 aromatic carbocycles. The van der Waals surface area contributed by atoms with E-state index < -0.39 is 16.9 Å². The first-order valence-electron chi connectivity index (χ1n) is 3.74. The van der Waals surface area contributed by atoms with Crippen molar-refractivity contribution in [1.82, 2.24) is 5.32 Å². The van der Waals surface area contributed by atoms with Gasteiger partial charge in [-0.15, -0.1) is 0 Å². The van der Waals surface area contributed by atoms with Crippen LogP contribution in [0.2, 0.25) is 0 Å². The minimum absolute atomic E-state index is 0.204. The summed E-state index contributed by atoms with van der Waals surface area (Å²) < 4.78 is 11.0. The predicted molar refractivity (Wildman–Crippen MR) is 52.2 cm³/mol. The van der Waals surface area contributed by atoms with Crippen LogP contribution >= 0.6 is 0 Å². The number of carbonyl (C=O) groups is 1. The van der Waals surface area contributed by atoms with E-state index in [1.165, 1.54) is 7.05 Å². The highest BCUT2D eigenvalue weighted by atomic mass is 32.2. The lowest BCUT2D eigenvalue weighted by atomic mass is 10.3. The molecule has 0 aliphatic carbocycles. The number of hydrogen-bond donors (Lipinski definition) is 1. The van der Waals surface area contributed by atoms with Crippen molar-refractivity contribution in [3.8, 4) is 0 Å². The van der Waals surface area contributed by atoms with Crippen molar-refractivity contribution in [2.45, 2.75) is 19.1 Å². The Morgan fingerprint density at radius 1 is 1.62 bits per heavy atom. The molecule has 0 radical (unpaired) electrons. The Morgan fingerprint density at radius 2 is 2.15 bits per heavy atom. The minimum atomic E-state index is -1.000. The summed E-state index contributed by atoms with van der Waals surface area (Å²) >= 11 is 0. The van der Waals surface area contributed by atoms with Gasteiger partial charge in [0.1, 0.15) is 0 Å². The van der Waals surface area contributed by atoms with E-state index in [-0.39, 0.29) is 5.25 Å². The molecule has 1 N–H and O–H groups in total. The Kier molecular flexibility index (Phi) is 5.29. The number of hydrogen-bond acceptors (Lipinski definition) is 4. The quantitative estimate of drug-likeness (QED) is 0.415. The minimum Gasteiger partial charge on any atom is -0.323 e. The lowest BCUT2D eigenvalue weighted by Gasteiger charge is -2.05. The fourth-order valence-electron chi connectivity index (χ4n) is 0.474. The van der Waals surface area contributed by atoms with Crippen molar-refractivity contribution in [2.75, 3.05) is 13.3 Å². The number of rotatable bonds is 3. The standard InChI is InChI=1S/C7H14N2O3S/c1-5(6(2)13(4)11)9-12-7(10)8-3/h6H,1-4H3,(H,8,10)/t6-,13-/m0/s1. The second-order valence-electron chi connectivity index (χ2n) is 2.50. The van der Waals surface area contributed by atoms with Gasteiger partial charge in [-0.05, 0) is 13.8 Å². The molecule has 2 atom stereocenters. The smallest absolute Gasteiger partial charge is 0.323 e. The maximum absolute atomic E-state index is 11.0. The molecule has 1 amide bonds. The zero-order chi connectivity index (χ0) is 10.4. The van der Waals surface area contributed by atoms with Crippen LogP contribution in [0.1, 0.15) is 13.8 Å². The van der Waals surface area contributed by atoms with Crippen LogP contribution in [0.3, 0.4) is 0 Å². The molecule has 0 heterocycles. The Bertz CT molecular complexity index is 240. The van der Waals surface area contributed by atoms with Gasteiger partial charge in [-0.25, -0.2) is 4.79 Å². The fraction of sp³-hybridized carbons (Fsp3) is 0.714. The number of oxime groups is 1. The summed E-state index contributed by atoms with van der Waals surface area (Å²) in [6.45, 7) is 3.41. The zero-order valence-corrected chi connectivity index (χ0v) is 8.97. The van der Waals surface area contributed by atoms with Crippen LogP contribution in [-0.2, 0) is 15.6 Å². The highest BCUT2D eigenvalue weighted by Gasteiger charge is 2.10. The maximum Gasteiger partial charge on any atom is 0.433 e. The molecule has 76 valence electrons. The Hall–Kier alpha value is -0.910. The normalized spacial score (nSPS) is 16.2. The summed E-state index contributed by atoms with van der Waals surface area (Å²) in [4.78, 5) is 15.0. The van der Waals surface area contributed by atoms with Crippen molar-refractivity contribution in [3.63, 3.8) is 0 Å². The molecular formula is C7H14N2O3S. The lowest BCUT2D eigenvalue weighted by Crippen LogP contribution is -2.22. The van der Waals surface area contributed by atoms with Crippen LogP contribution in [0.5, 0.6) is 0 Å². The van der Waals surface area contributed by atoms with Crippen molar-refractivity contribution in [1.29, 1.82) is 0 Å². The highest BCUT2D eigenvalue weighted by Crippen LogP contribution is 1.97. The predicted octanol–water partition coefficient (Wildman–Crippen LogP) is 0.485. The van der Waals surface area contributed by atoms with Gasteiger partial charge in [-0.3, -0.25) is 9.05 Å². The van der Waals surface area contributed by atoms with Gasteiger partial charge < -0.3 is 5.32 Å². The molecule has 0 saturated heterocycles. The third-order valence-electron chi connectivity index (χ3n) is 1.56. The number of amides is 1. The van der Waals surface area contributed by atoms with Crippen LogP contribution in [0, 0.1) is 0 Å². The average molecular weight is 206 g/mol. The van der Waals surface area contributed by atoms with Crippen molar-refractivity contribution < 1.29 is 13.8 Å². The number of carbonyl (C=O) groups excluding carboxylic acids is 1. The van der Waals surface area contributed by atoms with E-state index in [1.54, 1.807) is 20.1 Å². The van der Waals surface area contributed by atoms with Crippen LogP contribution in [0.4, 0.5) is 4.79 Å². The van der Waals surface area contributed by atoms with Crippen LogP contribution in [0.15, 0.2) is 5.16 Å². The van der Waals surface area contributed by atoms with Gasteiger partial charge in [0.05, 0.1) is 11.0 Å². The highest BCUT2D eigenvalue weighted by molar-refractivity contribution is 7.85. The van der Waals surface area contributed by atoms with E-state index in [2.05, 4.69) is 15.3 Å². The Labute approximate surface area is 80.0 Å². The molecule has 13 heavy (non-hydrogen) atoms. The van der Waals surface area contributed by atoms with Gasteiger partial charge >= 0.3 is 6.09 Å². The van der Waals surface area contributed by atoms with Crippen molar-refractivity contribution in [2.24, 2.45) is 5.16 Å². The molecule has 0 aliphatic rings. The molecule has 0 rings (SSSR count). The maximum atomic E-state index is 11.0. The van der Waals surface area contributed by atoms with E-state index >= 15 is 0 Å². The van der Waals surface area contributed by atoms with Gasteiger partial charge in [-0.2, -0.15) is 0 Å². The molecule has 0 aromatic rings. The monoisotopic (exact) mass is 206 g/mol. The third-order valence-corrected chi connectivity index (χ3v) is 2.90. The van der Waals surface area contributed by atoms with Crippen molar-refractivity contribution >= 4 is 22.6 Å². The molecule has 6 heteroatoms. The van der Waals surface area contributed by atoms with E-state index in [0.29, 0.717) is 5.71 Å². The first-order chi connectivity index (χ1) is 5.99.